The van der Waals surface area contributed by atoms with Gasteiger partial charge >= 0.3 is 0 Å². The van der Waals surface area contributed by atoms with E-state index in [0.29, 0.717) is 45.3 Å². The van der Waals surface area contributed by atoms with E-state index in [9.17, 15) is 0 Å². The first-order valence-electron chi connectivity index (χ1n) is 11.7. The van der Waals surface area contributed by atoms with E-state index in [-0.39, 0.29) is 0 Å². The number of benzene rings is 2. The Morgan fingerprint density at radius 2 is 1.47 bits per heavy atom. The minimum absolute atomic E-state index is 0.296. The van der Waals surface area contributed by atoms with Gasteiger partial charge in [0, 0.05) is 38.8 Å². The summed E-state index contributed by atoms with van der Waals surface area (Å²) < 4.78 is 12.0. The molecule has 172 valence electrons. The molecule has 32 heavy (non-hydrogen) atoms. The zero-order valence-corrected chi connectivity index (χ0v) is 20.7. The van der Waals surface area contributed by atoms with Crippen molar-refractivity contribution in [1.82, 2.24) is 5.32 Å². The molecule has 0 heterocycles. The molecule has 6 rings (SSSR count). The van der Waals surface area contributed by atoms with Crippen LogP contribution in [0.5, 0.6) is 11.5 Å². The quantitative estimate of drug-likeness (QED) is 0.408. The Kier molecular flexibility index (Phi) is 6.55. The van der Waals surface area contributed by atoms with E-state index >= 15 is 0 Å². The van der Waals surface area contributed by atoms with Crippen LogP contribution in [-0.4, -0.2) is 12.1 Å². The van der Waals surface area contributed by atoms with E-state index in [4.69, 9.17) is 44.3 Å². The molecule has 0 atom stereocenters. The summed E-state index contributed by atoms with van der Waals surface area (Å²) in [6.07, 6.45) is 8.29. The molecular formula is C26H30Cl3NO2. The van der Waals surface area contributed by atoms with Crippen molar-refractivity contribution in [3.05, 3.63) is 56.5 Å². The number of rotatable bonds is 8. The summed E-state index contributed by atoms with van der Waals surface area (Å²) in [6, 6.07) is 9.29. The van der Waals surface area contributed by atoms with Crippen LogP contribution in [0.15, 0.2) is 30.3 Å². The second-order valence-electron chi connectivity index (χ2n) is 9.90. The van der Waals surface area contributed by atoms with Crippen LogP contribution in [0.2, 0.25) is 15.1 Å². The van der Waals surface area contributed by atoms with Crippen molar-refractivity contribution < 1.29 is 9.47 Å². The fourth-order valence-corrected chi connectivity index (χ4v) is 7.18. The number of ether oxygens (including phenoxy) is 2. The lowest BCUT2D eigenvalue weighted by Gasteiger charge is -2.57. The van der Waals surface area contributed by atoms with Gasteiger partial charge in [-0.1, -0.05) is 40.9 Å². The Labute approximate surface area is 205 Å². The second kappa shape index (κ2) is 9.25. The van der Waals surface area contributed by atoms with Crippen molar-refractivity contribution in [2.45, 2.75) is 64.1 Å². The van der Waals surface area contributed by atoms with Crippen LogP contribution in [0, 0.1) is 17.8 Å². The summed E-state index contributed by atoms with van der Waals surface area (Å²) in [5.74, 6) is 4.08. The Balaban J connectivity index is 1.30. The van der Waals surface area contributed by atoms with E-state index in [1.54, 1.807) is 6.07 Å². The van der Waals surface area contributed by atoms with Crippen LogP contribution < -0.4 is 14.8 Å². The average molecular weight is 495 g/mol. The fourth-order valence-electron chi connectivity index (χ4n) is 6.50. The van der Waals surface area contributed by atoms with Crippen LogP contribution in [0.1, 0.15) is 56.6 Å². The van der Waals surface area contributed by atoms with Gasteiger partial charge < -0.3 is 14.8 Å². The van der Waals surface area contributed by atoms with Gasteiger partial charge in [0.1, 0.15) is 6.61 Å². The molecule has 0 saturated heterocycles. The van der Waals surface area contributed by atoms with Gasteiger partial charge in [0.25, 0.3) is 0 Å². The lowest BCUT2D eigenvalue weighted by Crippen LogP contribution is -2.58. The Bertz CT molecular complexity index is 958. The van der Waals surface area contributed by atoms with Crippen molar-refractivity contribution >= 4 is 34.8 Å². The lowest BCUT2D eigenvalue weighted by atomic mass is 9.53. The van der Waals surface area contributed by atoms with Crippen LogP contribution in [-0.2, 0) is 13.2 Å². The maximum atomic E-state index is 6.70. The summed E-state index contributed by atoms with van der Waals surface area (Å²) in [6.45, 7) is 3.61. The van der Waals surface area contributed by atoms with E-state index in [0.717, 1.165) is 35.4 Å². The van der Waals surface area contributed by atoms with Gasteiger partial charge in [-0.15, -0.1) is 0 Å². The molecule has 0 radical (unpaired) electrons. The first-order chi connectivity index (χ1) is 15.4. The van der Waals surface area contributed by atoms with E-state index in [1.807, 2.05) is 31.2 Å². The highest BCUT2D eigenvalue weighted by Crippen LogP contribution is 2.55. The summed E-state index contributed by atoms with van der Waals surface area (Å²) in [5.41, 5.74) is 2.22. The largest absolute Gasteiger partial charge is 0.490 e. The Morgan fingerprint density at radius 3 is 2.09 bits per heavy atom. The highest BCUT2D eigenvalue weighted by atomic mass is 35.5. The van der Waals surface area contributed by atoms with E-state index in [1.165, 1.54) is 38.5 Å². The predicted molar refractivity (Wildman–Crippen MR) is 131 cm³/mol. The number of halogens is 3. The molecule has 0 aliphatic heterocycles. The molecule has 0 aromatic heterocycles. The molecule has 4 fully saturated rings. The maximum Gasteiger partial charge on any atom is 0.163 e. The smallest absolute Gasteiger partial charge is 0.163 e. The zero-order valence-electron chi connectivity index (χ0n) is 18.4. The van der Waals surface area contributed by atoms with E-state index < -0.39 is 0 Å². The van der Waals surface area contributed by atoms with Crippen LogP contribution in [0.4, 0.5) is 0 Å². The first-order valence-corrected chi connectivity index (χ1v) is 12.8. The first kappa shape index (κ1) is 22.7. The molecule has 0 spiro atoms. The molecule has 4 bridgehead atoms. The van der Waals surface area contributed by atoms with Crippen LogP contribution in [0.3, 0.4) is 0 Å². The molecule has 4 aliphatic rings. The van der Waals surface area contributed by atoms with Gasteiger partial charge in [-0.2, -0.15) is 0 Å². The molecule has 2 aromatic rings. The molecule has 4 saturated carbocycles. The van der Waals surface area contributed by atoms with Gasteiger partial charge in [-0.25, -0.2) is 0 Å². The number of hydrogen-bond acceptors (Lipinski definition) is 3. The van der Waals surface area contributed by atoms with Crippen molar-refractivity contribution in [1.29, 1.82) is 0 Å². The average Bonchev–Trinajstić information content (AvgIpc) is 2.73. The minimum atomic E-state index is 0.296. The standard InChI is InChI=1S/C26H30Cl3NO2/c1-2-31-24-8-20(14-30-26-11-16-5-17(12-26)7-18(6-16)13-26)23(29)10-25(24)32-15-19-3-4-21(27)9-22(19)28/h3-4,8-10,16-18,30H,2,5-7,11-15H2,1H3. The Morgan fingerprint density at radius 1 is 0.844 bits per heavy atom. The summed E-state index contributed by atoms with van der Waals surface area (Å²) >= 11 is 19.0. The van der Waals surface area contributed by atoms with Crippen molar-refractivity contribution in [2.24, 2.45) is 17.8 Å². The van der Waals surface area contributed by atoms with Gasteiger partial charge in [-0.3, -0.25) is 0 Å². The third kappa shape index (κ3) is 4.73. The van der Waals surface area contributed by atoms with Gasteiger partial charge in [0.15, 0.2) is 11.5 Å². The topological polar surface area (TPSA) is 30.5 Å². The highest BCUT2D eigenvalue weighted by molar-refractivity contribution is 6.35. The monoisotopic (exact) mass is 493 g/mol. The molecule has 2 aromatic carbocycles. The molecule has 6 heteroatoms. The molecule has 3 nitrogen and oxygen atoms in total. The number of hydrogen-bond donors (Lipinski definition) is 1. The van der Waals surface area contributed by atoms with Gasteiger partial charge in [-0.05, 0) is 87.0 Å². The number of nitrogens with one attached hydrogen (secondary N) is 1. The Hall–Kier alpha value is -1.13. The predicted octanol–water partition coefficient (Wildman–Crippen LogP) is 7.68. The zero-order chi connectivity index (χ0) is 22.3. The minimum Gasteiger partial charge on any atom is -0.490 e. The molecule has 0 amide bonds. The lowest BCUT2D eigenvalue weighted by molar-refractivity contribution is -0.0206. The molecule has 0 unspecified atom stereocenters. The highest BCUT2D eigenvalue weighted by Gasteiger charge is 2.50. The molecule has 4 aliphatic carbocycles. The van der Waals surface area contributed by atoms with E-state index in [2.05, 4.69) is 5.32 Å². The summed E-state index contributed by atoms with van der Waals surface area (Å²) in [4.78, 5) is 0. The van der Waals surface area contributed by atoms with Gasteiger partial charge in [0.2, 0.25) is 0 Å². The second-order valence-corrected chi connectivity index (χ2v) is 11.2. The molecular weight excluding hydrogens is 465 g/mol. The summed E-state index contributed by atoms with van der Waals surface area (Å²) in [7, 11) is 0. The van der Waals surface area contributed by atoms with Crippen molar-refractivity contribution in [3.8, 4) is 11.5 Å². The molecule has 1 N–H and O–H groups in total. The van der Waals surface area contributed by atoms with Crippen LogP contribution >= 0.6 is 34.8 Å². The summed E-state index contributed by atoms with van der Waals surface area (Å²) in [5, 5.41) is 5.82. The SMILES string of the molecule is CCOc1cc(CNC23CC4CC(CC(C4)C2)C3)c(Cl)cc1OCc1ccc(Cl)cc1Cl. The van der Waals surface area contributed by atoms with Crippen molar-refractivity contribution in [2.75, 3.05) is 6.61 Å². The van der Waals surface area contributed by atoms with Gasteiger partial charge in [0.05, 0.1) is 6.61 Å². The maximum absolute atomic E-state index is 6.70. The fraction of sp³-hybridized carbons (Fsp3) is 0.538. The van der Waals surface area contributed by atoms with Crippen LogP contribution in [0.25, 0.3) is 0 Å². The third-order valence-electron chi connectivity index (χ3n) is 7.50. The van der Waals surface area contributed by atoms with Crippen molar-refractivity contribution in [3.63, 3.8) is 0 Å². The third-order valence-corrected chi connectivity index (χ3v) is 8.44. The normalized spacial score (nSPS) is 28.2.